The van der Waals surface area contributed by atoms with Crippen LogP contribution in [0.1, 0.15) is 29.4 Å². The Bertz CT molecular complexity index is 553. The molecule has 18 heavy (non-hydrogen) atoms. The van der Waals surface area contributed by atoms with Gasteiger partial charge in [0.15, 0.2) is 0 Å². The number of rotatable bonds is 4. The number of hydrogen-bond donors (Lipinski definition) is 1. The highest BCUT2D eigenvalue weighted by atomic mass is 16.4. The molecule has 2 aromatic rings. The van der Waals surface area contributed by atoms with Crippen LogP contribution in [0.15, 0.2) is 36.7 Å². The molecule has 4 heteroatoms. The predicted molar refractivity (Wildman–Crippen MR) is 68.4 cm³/mol. The number of pyridine rings is 2. The lowest BCUT2D eigenvalue weighted by Gasteiger charge is -2.07. The molecule has 2 heterocycles. The van der Waals surface area contributed by atoms with E-state index in [2.05, 4.69) is 9.97 Å². The van der Waals surface area contributed by atoms with E-state index in [0.29, 0.717) is 12.1 Å². The third-order valence-electron chi connectivity index (χ3n) is 2.67. The Morgan fingerprint density at radius 1 is 1.22 bits per heavy atom. The third kappa shape index (κ3) is 2.53. The van der Waals surface area contributed by atoms with Gasteiger partial charge < -0.3 is 5.11 Å². The van der Waals surface area contributed by atoms with Crippen molar-refractivity contribution in [1.29, 1.82) is 0 Å². The second-order valence-electron chi connectivity index (χ2n) is 3.98. The van der Waals surface area contributed by atoms with Crippen LogP contribution in [0.2, 0.25) is 0 Å². The average Bonchev–Trinajstić information content (AvgIpc) is 2.40. The van der Waals surface area contributed by atoms with E-state index in [1.54, 1.807) is 24.5 Å². The number of hydrogen-bond acceptors (Lipinski definition) is 3. The van der Waals surface area contributed by atoms with Gasteiger partial charge in [-0.2, -0.15) is 0 Å². The molecule has 0 aliphatic rings. The van der Waals surface area contributed by atoms with Crippen molar-refractivity contribution in [1.82, 2.24) is 9.97 Å². The van der Waals surface area contributed by atoms with Gasteiger partial charge in [0, 0.05) is 18.0 Å². The van der Waals surface area contributed by atoms with Crippen molar-refractivity contribution < 1.29 is 9.90 Å². The summed E-state index contributed by atoms with van der Waals surface area (Å²) in [7, 11) is 0. The monoisotopic (exact) mass is 242 g/mol. The summed E-state index contributed by atoms with van der Waals surface area (Å²) in [5.41, 5.74) is 2.65. The Labute approximate surface area is 105 Å². The molecule has 0 aromatic carbocycles. The zero-order valence-corrected chi connectivity index (χ0v) is 10.1. The Balaban J connectivity index is 2.46. The summed E-state index contributed by atoms with van der Waals surface area (Å²) in [4.78, 5) is 19.5. The molecule has 4 nitrogen and oxygen atoms in total. The van der Waals surface area contributed by atoms with Crippen LogP contribution in [0.5, 0.6) is 0 Å². The maximum atomic E-state index is 11.1. The Hall–Kier alpha value is -2.23. The zero-order valence-electron chi connectivity index (χ0n) is 10.1. The number of aromatic nitrogens is 2. The van der Waals surface area contributed by atoms with Gasteiger partial charge in [0.05, 0.1) is 17.0 Å². The highest BCUT2D eigenvalue weighted by Crippen LogP contribution is 2.19. The second kappa shape index (κ2) is 5.40. The van der Waals surface area contributed by atoms with E-state index in [0.717, 1.165) is 17.7 Å². The van der Waals surface area contributed by atoms with Gasteiger partial charge in [0.1, 0.15) is 0 Å². The predicted octanol–water partition coefficient (Wildman–Crippen LogP) is 2.79. The summed E-state index contributed by atoms with van der Waals surface area (Å²) >= 11 is 0. The van der Waals surface area contributed by atoms with Gasteiger partial charge in [0.2, 0.25) is 0 Å². The van der Waals surface area contributed by atoms with E-state index in [4.69, 9.17) is 5.11 Å². The first-order valence-electron chi connectivity index (χ1n) is 5.86. The van der Waals surface area contributed by atoms with Crippen molar-refractivity contribution in [3.8, 4) is 11.3 Å². The number of aromatic carboxylic acids is 1. The number of carboxylic acids is 1. The topological polar surface area (TPSA) is 63.1 Å². The molecule has 0 atom stereocenters. The summed E-state index contributed by atoms with van der Waals surface area (Å²) in [6.07, 6.45) is 4.93. The molecule has 92 valence electrons. The van der Waals surface area contributed by atoms with E-state index in [1.807, 2.05) is 19.1 Å². The molecule has 0 unspecified atom stereocenters. The lowest BCUT2D eigenvalue weighted by Crippen LogP contribution is -2.05. The minimum Gasteiger partial charge on any atom is -0.478 e. The van der Waals surface area contributed by atoms with Gasteiger partial charge in [-0.15, -0.1) is 0 Å². The van der Waals surface area contributed by atoms with Crippen molar-refractivity contribution in [2.45, 2.75) is 19.8 Å². The second-order valence-corrected chi connectivity index (χ2v) is 3.98. The summed E-state index contributed by atoms with van der Waals surface area (Å²) in [6, 6.07) is 7.07. The van der Waals surface area contributed by atoms with Crippen LogP contribution in [-0.2, 0) is 6.42 Å². The maximum Gasteiger partial charge on any atom is 0.337 e. The molecule has 0 spiro atoms. The SMILES string of the molecule is CCCc1nc(-c2ccncc2)ccc1C(=O)O. The highest BCUT2D eigenvalue weighted by molar-refractivity contribution is 5.89. The van der Waals surface area contributed by atoms with E-state index < -0.39 is 5.97 Å². The van der Waals surface area contributed by atoms with Crippen LogP contribution in [0.3, 0.4) is 0 Å². The van der Waals surface area contributed by atoms with Crippen LogP contribution in [-0.4, -0.2) is 21.0 Å². The van der Waals surface area contributed by atoms with Crippen molar-refractivity contribution in [3.63, 3.8) is 0 Å². The quantitative estimate of drug-likeness (QED) is 0.895. The van der Waals surface area contributed by atoms with Gasteiger partial charge in [-0.25, -0.2) is 4.79 Å². The fourth-order valence-corrected chi connectivity index (χ4v) is 1.81. The third-order valence-corrected chi connectivity index (χ3v) is 2.67. The molecule has 0 aliphatic heterocycles. The number of carboxylic acid groups (broad SMARTS) is 1. The average molecular weight is 242 g/mol. The standard InChI is InChI=1S/C14H14N2O2/c1-2-3-13-11(14(17)18)4-5-12(16-13)10-6-8-15-9-7-10/h4-9H,2-3H2,1H3,(H,17,18). The molecule has 0 radical (unpaired) electrons. The molecule has 0 amide bonds. The summed E-state index contributed by atoms with van der Waals surface area (Å²) < 4.78 is 0. The zero-order chi connectivity index (χ0) is 13.0. The van der Waals surface area contributed by atoms with Gasteiger partial charge in [-0.05, 0) is 30.7 Å². The van der Waals surface area contributed by atoms with E-state index >= 15 is 0 Å². The van der Waals surface area contributed by atoms with Crippen molar-refractivity contribution >= 4 is 5.97 Å². The Morgan fingerprint density at radius 2 is 1.94 bits per heavy atom. The van der Waals surface area contributed by atoms with Crippen LogP contribution in [0.4, 0.5) is 0 Å². The van der Waals surface area contributed by atoms with Gasteiger partial charge in [-0.3, -0.25) is 9.97 Å². The van der Waals surface area contributed by atoms with Gasteiger partial charge in [-0.1, -0.05) is 13.3 Å². The van der Waals surface area contributed by atoms with Crippen molar-refractivity contribution in [2.75, 3.05) is 0 Å². The van der Waals surface area contributed by atoms with E-state index in [1.165, 1.54) is 0 Å². The number of aryl methyl sites for hydroxylation is 1. The Kier molecular flexibility index (Phi) is 3.67. The van der Waals surface area contributed by atoms with Gasteiger partial charge >= 0.3 is 5.97 Å². The number of carbonyl (C=O) groups is 1. The molecule has 2 aromatic heterocycles. The van der Waals surface area contributed by atoms with Crippen LogP contribution < -0.4 is 0 Å². The van der Waals surface area contributed by atoms with Crippen LogP contribution >= 0.6 is 0 Å². The first-order chi connectivity index (χ1) is 8.72. The molecule has 1 N–H and O–H groups in total. The highest BCUT2D eigenvalue weighted by Gasteiger charge is 2.12. The molecule has 0 aliphatic carbocycles. The van der Waals surface area contributed by atoms with Crippen LogP contribution in [0.25, 0.3) is 11.3 Å². The first kappa shape index (κ1) is 12.2. The van der Waals surface area contributed by atoms with Crippen molar-refractivity contribution in [3.05, 3.63) is 47.9 Å². The van der Waals surface area contributed by atoms with Crippen molar-refractivity contribution in [2.24, 2.45) is 0 Å². The van der Waals surface area contributed by atoms with E-state index in [-0.39, 0.29) is 5.56 Å². The molecule has 0 fully saturated rings. The van der Waals surface area contributed by atoms with Crippen LogP contribution in [0, 0.1) is 0 Å². The smallest absolute Gasteiger partial charge is 0.337 e. The maximum absolute atomic E-state index is 11.1. The van der Waals surface area contributed by atoms with Gasteiger partial charge in [0.25, 0.3) is 0 Å². The summed E-state index contributed by atoms with van der Waals surface area (Å²) in [6.45, 7) is 2.01. The molecule has 0 bridgehead atoms. The molecule has 0 saturated carbocycles. The summed E-state index contributed by atoms with van der Waals surface area (Å²) in [5.74, 6) is -0.924. The fraction of sp³-hybridized carbons (Fsp3) is 0.214. The van der Waals surface area contributed by atoms with E-state index in [9.17, 15) is 4.79 Å². The molecular formula is C14H14N2O2. The largest absolute Gasteiger partial charge is 0.478 e. The lowest BCUT2D eigenvalue weighted by molar-refractivity contribution is 0.0695. The molecule has 2 rings (SSSR count). The molecular weight excluding hydrogens is 228 g/mol. The molecule has 0 saturated heterocycles. The fourth-order valence-electron chi connectivity index (χ4n) is 1.81. The Morgan fingerprint density at radius 3 is 2.56 bits per heavy atom. The summed E-state index contributed by atoms with van der Waals surface area (Å²) in [5, 5.41) is 9.10. The lowest BCUT2D eigenvalue weighted by atomic mass is 10.1. The number of nitrogens with zero attached hydrogens (tertiary/aromatic N) is 2. The minimum atomic E-state index is -0.924. The first-order valence-corrected chi connectivity index (χ1v) is 5.86. The normalized spacial score (nSPS) is 10.3. The minimum absolute atomic E-state index is 0.287.